The van der Waals surface area contributed by atoms with E-state index in [1.165, 1.54) is 6.42 Å². The first-order valence-corrected chi connectivity index (χ1v) is 12.2. The third-order valence-electron chi connectivity index (χ3n) is 6.94. The molecule has 0 saturated heterocycles. The lowest BCUT2D eigenvalue weighted by atomic mass is 9.92. The minimum atomic E-state index is -1.01. The second kappa shape index (κ2) is 10.6. The van der Waals surface area contributed by atoms with Gasteiger partial charge in [-0.05, 0) is 52.5 Å². The highest BCUT2D eigenvalue weighted by Gasteiger charge is 2.44. The normalized spacial score (nSPS) is 20.9. The maximum atomic E-state index is 13.8. The molecule has 2 amide bonds. The van der Waals surface area contributed by atoms with E-state index in [9.17, 15) is 14.9 Å². The number of methoxy groups -OCH3 is 1. The quantitative estimate of drug-likeness (QED) is 0.532. The summed E-state index contributed by atoms with van der Waals surface area (Å²) in [5.41, 5.74) is 0.162. The summed E-state index contributed by atoms with van der Waals surface area (Å²) >= 11 is 0. The standard InChI is InChI=1S/C26H37N3O4/c1-6-26(4)25(31)28(13-10-14-32-5)22-16-21(19(17-27)15-23(22)33-26)24(30)29(18(2)3)20-11-8-7-9-12-20/h15-16,18,20H,6-14H2,1-5H3. The van der Waals surface area contributed by atoms with Crippen LogP contribution in [0, 0.1) is 11.3 Å². The lowest BCUT2D eigenvalue weighted by Crippen LogP contribution is -2.54. The minimum Gasteiger partial charge on any atom is -0.475 e. The molecule has 0 radical (unpaired) electrons. The minimum absolute atomic E-state index is 0.0160. The fraction of sp³-hybridized carbons (Fsp3) is 0.654. The molecule has 0 bridgehead atoms. The highest BCUT2D eigenvalue weighted by Crippen LogP contribution is 2.41. The van der Waals surface area contributed by atoms with Gasteiger partial charge in [0.05, 0.1) is 16.8 Å². The van der Waals surface area contributed by atoms with Crippen LogP contribution in [0.4, 0.5) is 5.69 Å². The molecular formula is C26H37N3O4. The molecule has 1 aliphatic carbocycles. The van der Waals surface area contributed by atoms with Crippen molar-refractivity contribution in [3.63, 3.8) is 0 Å². The van der Waals surface area contributed by atoms with Crippen molar-refractivity contribution >= 4 is 17.5 Å². The molecule has 7 nitrogen and oxygen atoms in total. The molecular weight excluding hydrogens is 418 g/mol. The van der Waals surface area contributed by atoms with Crippen LogP contribution in [-0.2, 0) is 9.53 Å². The average molecular weight is 456 g/mol. The average Bonchev–Trinajstić information content (AvgIpc) is 2.81. The number of nitriles is 1. The van der Waals surface area contributed by atoms with Gasteiger partial charge in [-0.1, -0.05) is 26.2 Å². The summed E-state index contributed by atoms with van der Waals surface area (Å²) in [5.74, 6) is 0.187. The first kappa shape index (κ1) is 25.0. The molecule has 33 heavy (non-hydrogen) atoms. The molecule has 3 rings (SSSR count). The van der Waals surface area contributed by atoms with Crippen LogP contribution < -0.4 is 9.64 Å². The number of amides is 2. The van der Waals surface area contributed by atoms with Gasteiger partial charge in [-0.3, -0.25) is 9.59 Å². The van der Waals surface area contributed by atoms with Crippen molar-refractivity contribution in [2.24, 2.45) is 0 Å². The van der Waals surface area contributed by atoms with Crippen molar-refractivity contribution in [1.29, 1.82) is 5.26 Å². The number of rotatable bonds is 8. The fourth-order valence-corrected chi connectivity index (χ4v) is 4.94. The lowest BCUT2D eigenvalue weighted by Gasteiger charge is -2.41. The summed E-state index contributed by atoms with van der Waals surface area (Å²) in [6.07, 6.45) is 6.55. The molecule has 1 saturated carbocycles. The number of fused-ring (bicyclic) bond motifs is 1. The number of carbonyl (C=O) groups excluding carboxylic acids is 2. The van der Waals surface area contributed by atoms with E-state index in [4.69, 9.17) is 9.47 Å². The Balaban J connectivity index is 2.06. The number of ether oxygens (including phenoxy) is 2. The third kappa shape index (κ3) is 5.01. The predicted molar refractivity (Wildman–Crippen MR) is 128 cm³/mol. The number of benzene rings is 1. The smallest absolute Gasteiger partial charge is 0.270 e. The van der Waals surface area contributed by atoms with Gasteiger partial charge in [0, 0.05) is 38.4 Å². The Morgan fingerprint density at radius 3 is 2.61 bits per heavy atom. The Kier molecular flexibility index (Phi) is 8.01. The van der Waals surface area contributed by atoms with Crippen LogP contribution in [0.15, 0.2) is 12.1 Å². The highest BCUT2D eigenvalue weighted by molar-refractivity contribution is 6.05. The lowest BCUT2D eigenvalue weighted by molar-refractivity contribution is -0.134. The molecule has 1 aliphatic heterocycles. The van der Waals surface area contributed by atoms with Gasteiger partial charge in [-0.2, -0.15) is 5.26 Å². The van der Waals surface area contributed by atoms with Gasteiger partial charge in [-0.25, -0.2) is 0 Å². The van der Waals surface area contributed by atoms with Gasteiger partial charge in [-0.15, -0.1) is 0 Å². The molecule has 0 N–H and O–H groups in total. The van der Waals surface area contributed by atoms with Crippen LogP contribution in [-0.4, -0.2) is 54.7 Å². The molecule has 1 aromatic carbocycles. The number of hydrogen-bond donors (Lipinski definition) is 0. The van der Waals surface area contributed by atoms with Crippen molar-refractivity contribution in [1.82, 2.24) is 4.90 Å². The number of carbonyl (C=O) groups is 2. The largest absolute Gasteiger partial charge is 0.475 e. The van der Waals surface area contributed by atoms with Gasteiger partial charge in [0.15, 0.2) is 5.60 Å². The molecule has 7 heteroatoms. The Morgan fingerprint density at radius 1 is 1.33 bits per heavy atom. The number of anilines is 1. The maximum Gasteiger partial charge on any atom is 0.270 e. The Hall–Kier alpha value is -2.59. The van der Waals surface area contributed by atoms with Crippen LogP contribution in [0.25, 0.3) is 0 Å². The first-order valence-electron chi connectivity index (χ1n) is 12.2. The van der Waals surface area contributed by atoms with Crippen molar-refractivity contribution in [2.75, 3.05) is 25.2 Å². The Morgan fingerprint density at radius 2 is 2.03 bits per heavy atom. The molecule has 1 unspecified atom stereocenters. The van der Waals surface area contributed by atoms with Crippen LogP contribution in [0.5, 0.6) is 5.75 Å². The summed E-state index contributed by atoms with van der Waals surface area (Å²) in [4.78, 5) is 30.8. The molecule has 1 fully saturated rings. The van der Waals surface area contributed by atoms with E-state index in [2.05, 4.69) is 6.07 Å². The predicted octanol–water partition coefficient (Wildman–Crippen LogP) is 4.67. The van der Waals surface area contributed by atoms with Crippen LogP contribution in [0.3, 0.4) is 0 Å². The second-order valence-electron chi connectivity index (χ2n) is 9.56. The maximum absolute atomic E-state index is 13.8. The van der Waals surface area contributed by atoms with E-state index in [0.717, 1.165) is 25.7 Å². The zero-order valence-electron chi connectivity index (χ0n) is 20.6. The molecule has 0 aromatic heterocycles. The van der Waals surface area contributed by atoms with Gasteiger partial charge in [0.1, 0.15) is 11.8 Å². The number of hydrogen-bond acceptors (Lipinski definition) is 5. The summed E-state index contributed by atoms with van der Waals surface area (Å²) in [5, 5.41) is 9.90. The van der Waals surface area contributed by atoms with Gasteiger partial charge < -0.3 is 19.3 Å². The molecule has 2 aliphatic rings. The summed E-state index contributed by atoms with van der Waals surface area (Å²) in [6.45, 7) is 8.70. The van der Waals surface area contributed by atoms with Gasteiger partial charge in [0.25, 0.3) is 11.8 Å². The van der Waals surface area contributed by atoms with E-state index < -0.39 is 5.60 Å². The topological polar surface area (TPSA) is 82.9 Å². The van der Waals surface area contributed by atoms with E-state index in [1.807, 2.05) is 25.7 Å². The summed E-state index contributed by atoms with van der Waals surface area (Å²) in [7, 11) is 1.63. The van der Waals surface area contributed by atoms with Crippen molar-refractivity contribution in [3.05, 3.63) is 23.3 Å². The number of nitrogens with zero attached hydrogens (tertiary/aromatic N) is 3. The highest BCUT2D eigenvalue weighted by atomic mass is 16.5. The van der Waals surface area contributed by atoms with Gasteiger partial charge in [0.2, 0.25) is 0 Å². The zero-order chi connectivity index (χ0) is 24.2. The molecule has 180 valence electrons. The monoisotopic (exact) mass is 455 g/mol. The van der Waals surface area contributed by atoms with Crippen LogP contribution in [0.2, 0.25) is 0 Å². The summed E-state index contributed by atoms with van der Waals surface area (Å²) < 4.78 is 11.3. The Bertz CT molecular complexity index is 917. The summed E-state index contributed by atoms with van der Waals surface area (Å²) in [6, 6.07) is 5.71. The van der Waals surface area contributed by atoms with E-state index >= 15 is 0 Å². The first-order chi connectivity index (χ1) is 15.8. The van der Waals surface area contributed by atoms with E-state index in [1.54, 1.807) is 31.1 Å². The molecule has 1 aromatic rings. The molecule has 0 spiro atoms. The van der Waals surface area contributed by atoms with Crippen molar-refractivity contribution in [3.8, 4) is 11.8 Å². The zero-order valence-corrected chi connectivity index (χ0v) is 20.6. The third-order valence-corrected chi connectivity index (χ3v) is 6.94. The van der Waals surface area contributed by atoms with Crippen molar-refractivity contribution < 1.29 is 19.1 Å². The van der Waals surface area contributed by atoms with Crippen LogP contribution >= 0.6 is 0 Å². The Labute approximate surface area is 197 Å². The van der Waals surface area contributed by atoms with E-state index in [-0.39, 0.29) is 29.5 Å². The SMILES string of the molecule is CCC1(C)Oc2cc(C#N)c(C(=O)N(C(C)C)C3CCCCC3)cc2N(CCCOC)C1=O. The van der Waals surface area contributed by atoms with Crippen LogP contribution in [0.1, 0.15) is 88.6 Å². The van der Waals surface area contributed by atoms with E-state index in [0.29, 0.717) is 43.0 Å². The van der Waals surface area contributed by atoms with Crippen molar-refractivity contribution in [2.45, 2.75) is 90.3 Å². The fourth-order valence-electron chi connectivity index (χ4n) is 4.94. The van der Waals surface area contributed by atoms with Gasteiger partial charge >= 0.3 is 0 Å². The molecule has 1 heterocycles. The second-order valence-corrected chi connectivity index (χ2v) is 9.56. The molecule has 1 atom stereocenters.